The van der Waals surface area contributed by atoms with E-state index in [4.69, 9.17) is 21.1 Å². The molecule has 0 unspecified atom stereocenters. The van der Waals surface area contributed by atoms with E-state index in [9.17, 15) is 9.18 Å². The lowest BCUT2D eigenvalue weighted by Crippen LogP contribution is -2.33. The third kappa shape index (κ3) is 3.87. The van der Waals surface area contributed by atoms with Crippen molar-refractivity contribution in [2.75, 3.05) is 14.2 Å². The van der Waals surface area contributed by atoms with E-state index >= 15 is 0 Å². The van der Waals surface area contributed by atoms with Crippen LogP contribution in [0.15, 0.2) is 36.4 Å². The second kappa shape index (κ2) is 7.31. The van der Waals surface area contributed by atoms with Crippen molar-refractivity contribution in [2.24, 2.45) is 0 Å². The fourth-order valence-electron chi connectivity index (χ4n) is 2.76. The maximum atomic E-state index is 13.3. The molecule has 1 aliphatic carbocycles. The molecule has 25 heavy (non-hydrogen) atoms. The molecule has 0 atom stereocenters. The third-order valence-corrected chi connectivity index (χ3v) is 4.55. The Morgan fingerprint density at radius 3 is 2.56 bits per heavy atom. The number of ether oxygens (including phenoxy) is 2. The molecule has 0 aliphatic heterocycles. The number of benzene rings is 2. The van der Waals surface area contributed by atoms with Crippen LogP contribution in [0.3, 0.4) is 0 Å². The molecule has 0 N–H and O–H groups in total. The Bertz CT molecular complexity index is 792. The van der Waals surface area contributed by atoms with Crippen LogP contribution < -0.4 is 9.47 Å². The van der Waals surface area contributed by atoms with E-state index < -0.39 is 5.82 Å². The van der Waals surface area contributed by atoms with Crippen LogP contribution in [0.2, 0.25) is 5.02 Å². The molecule has 0 bridgehead atoms. The summed E-state index contributed by atoms with van der Waals surface area (Å²) in [7, 11) is 3.18. The Labute approximate surface area is 151 Å². The molecule has 1 aliphatic rings. The molecule has 3 rings (SSSR count). The zero-order valence-corrected chi connectivity index (χ0v) is 14.8. The third-order valence-electron chi connectivity index (χ3n) is 4.24. The van der Waals surface area contributed by atoms with Crippen molar-refractivity contribution in [1.82, 2.24) is 4.90 Å². The van der Waals surface area contributed by atoms with E-state index in [1.165, 1.54) is 12.1 Å². The highest BCUT2D eigenvalue weighted by atomic mass is 35.5. The molecule has 0 spiro atoms. The Hall–Kier alpha value is -2.27. The maximum Gasteiger partial charge on any atom is 0.255 e. The zero-order chi connectivity index (χ0) is 18.0. The van der Waals surface area contributed by atoms with Crippen LogP contribution in [0, 0.1) is 5.82 Å². The Morgan fingerprint density at radius 2 is 1.96 bits per heavy atom. The van der Waals surface area contributed by atoms with Crippen LogP contribution >= 0.6 is 11.6 Å². The normalized spacial score (nSPS) is 13.4. The Kier molecular flexibility index (Phi) is 5.13. The lowest BCUT2D eigenvalue weighted by molar-refractivity contribution is 0.0728. The van der Waals surface area contributed by atoms with Crippen molar-refractivity contribution in [1.29, 1.82) is 0 Å². The number of hydrogen-bond donors (Lipinski definition) is 0. The van der Waals surface area contributed by atoms with Gasteiger partial charge in [0.05, 0.1) is 31.4 Å². The largest absolute Gasteiger partial charge is 0.497 e. The highest BCUT2D eigenvalue weighted by Crippen LogP contribution is 2.34. The first kappa shape index (κ1) is 17.5. The molecule has 0 saturated heterocycles. The molecule has 1 fully saturated rings. The van der Waals surface area contributed by atoms with Crippen LogP contribution in [0.4, 0.5) is 4.39 Å². The smallest absolute Gasteiger partial charge is 0.255 e. The molecule has 0 heterocycles. The maximum absolute atomic E-state index is 13.3. The van der Waals surface area contributed by atoms with E-state index in [2.05, 4.69) is 0 Å². The van der Waals surface area contributed by atoms with Crippen LogP contribution in [0.1, 0.15) is 28.8 Å². The number of carbonyl (C=O) groups excluding carboxylic acids is 1. The number of methoxy groups -OCH3 is 2. The summed E-state index contributed by atoms with van der Waals surface area (Å²) >= 11 is 6.07. The molecule has 0 radical (unpaired) electrons. The van der Waals surface area contributed by atoms with E-state index in [1.807, 2.05) is 18.2 Å². The number of rotatable bonds is 6. The van der Waals surface area contributed by atoms with Gasteiger partial charge in [-0.25, -0.2) is 4.39 Å². The number of halogens is 2. The lowest BCUT2D eigenvalue weighted by Gasteiger charge is -2.24. The molecule has 1 saturated carbocycles. The van der Waals surface area contributed by atoms with Crippen LogP contribution in [0.5, 0.6) is 11.5 Å². The van der Waals surface area contributed by atoms with Gasteiger partial charge in [0.1, 0.15) is 17.3 Å². The summed E-state index contributed by atoms with van der Waals surface area (Å²) in [5.41, 5.74) is 1.15. The Morgan fingerprint density at radius 1 is 1.20 bits per heavy atom. The quantitative estimate of drug-likeness (QED) is 0.768. The van der Waals surface area contributed by atoms with E-state index in [-0.39, 0.29) is 17.0 Å². The molecule has 0 aromatic heterocycles. The van der Waals surface area contributed by atoms with Gasteiger partial charge >= 0.3 is 0 Å². The van der Waals surface area contributed by atoms with Gasteiger partial charge in [-0.15, -0.1) is 0 Å². The van der Waals surface area contributed by atoms with E-state index in [1.54, 1.807) is 19.1 Å². The van der Waals surface area contributed by atoms with Crippen molar-refractivity contribution in [3.05, 3.63) is 58.4 Å². The van der Waals surface area contributed by atoms with Gasteiger partial charge < -0.3 is 14.4 Å². The summed E-state index contributed by atoms with van der Waals surface area (Å²) in [5.74, 6) is 0.703. The molecule has 4 nitrogen and oxygen atoms in total. The minimum atomic E-state index is -0.464. The first-order chi connectivity index (χ1) is 12.0. The zero-order valence-electron chi connectivity index (χ0n) is 14.1. The summed E-state index contributed by atoms with van der Waals surface area (Å²) < 4.78 is 23.9. The topological polar surface area (TPSA) is 38.8 Å². The summed E-state index contributed by atoms with van der Waals surface area (Å²) in [5, 5.41) is 0.119. The van der Waals surface area contributed by atoms with Crippen molar-refractivity contribution in [2.45, 2.75) is 25.4 Å². The second-order valence-electron chi connectivity index (χ2n) is 5.97. The van der Waals surface area contributed by atoms with Gasteiger partial charge in [0.25, 0.3) is 5.91 Å². The summed E-state index contributed by atoms with van der Waals surface area (Å²) in [6.07, 6.45) is 1.88. The van der Waals surface area contributed by atoms with Gasteiger partial charge in [-0.1, -0.05) is 11.6 Å². The van der Waals surface area contributed by atoms with Gasteiger partial charge in [-0.05, 0) is 49.2 Å². The Balaban J connectivity index is 1.91. The second-order valence-corrected chi connectivity index (χ2v) is 6.37. The summed E-state index contributed by atoms with van der Waals surface area (Å²) in [6, 6.07) is 9.47. The predicted octanol–water partition coefficient (Wildman–Crippen LogP) is 4.30. The van der Waals surface area contributed by atoms with E-state index in [0.717, 1.165) is 24.5 Å². The number of carbonyl (C=O) groups is 1. The van der Waals surface area contributed by atoms with Gasteiger partial charge in [0, 0.05) is 11.6 Å². The van der Waals surface area contributed by atoms with Crippen LogP contribution in [-0.4, -0.2) is 31.1 Å². The fraction of sp³-hybridized carbons (Fsp3) is 0.316. The standard InChI is InChI=1S/C19H19ClFNO3/c1-24-15-6-8-18(25-2)12(9-15)11-22(14-4-5-14)19(23)16-7-3-13(21)10-17(16)20/h3,6-10,14H,4-5,11H2,1-2H3. The first-order valence-corrected chi connectivity index (χ1v) is 8.38. The minimum absolute atomic E-state index is 0.119. The van der Waals surface area contributed by atoms with Crippen LogP contribution in [-0.2, 0) is 6.54 Å². The highest BCUT2D eigenvalue weighted by molar-refractivity contribution is 6.33. The van der Waals surface area contributed by atoms with E-state index in [0.29, 0.717) is 23.6 Å². The highest BCUT2D eigenvalue weighted by Gasteiger charge is 2.34. The van der Waals surface area contributed by atoms with Gasteiger partial charge in [-0.2, -0.15) is 0 Å². The monoisotopic (exact) mass is 363 g/mol. The number of nitrogens with zero attached hydrogens (tertiary/aromatic N) is 1. The molecule has 6 heteroatoms. The predicted molar refractivity (Wildman–Crippen MR) is 93.9 cm³/mol. The minimum Gasteiger partial charge on any atom is -0.497 e. The van der Waals surface area contributed by atoms with Crippen molar-refractivity contribution in [3.8, 4) is 11.5 Å². The summed E-state index contributed by atoms with van der Waals surface area (Å²) in [4.78, 5) is 14.7. The van der Waals surface area contributed by atoms with Crippen molar-refractivity contribution < 1.29 is 18.7 Å². The number of amides is 1. The van der Waals surface area contributed by atoms with Gasteiger partial charge in [0.15, 0.2) is 0 Å². The van der Waals surface area contributed by atoms with Crippen LogP contribution in [0.25, 0.3) is 0 Å². The number of hydrogen-bond acceptors (Lipinski definition) is 3. The molecule has 2 aromatic rings. The first-order valence-electron chi connectivity index (χ1n) is 8.00. The fourth-order valence-corrected chi connectivity index (χ4v) is 3.01. The molecule has 1 amide bonds. The lowest BCUT2D eigenvalue weighted by atomic mass is 10.1. The summed E-state index contributed by atoms with van der Waals surface area (Å²) in [6.45, 7) is 0.373. The van der Waals surface area contributed by atoms with Gasteiger partial charge in [-0.3, -0.25) is 4.79 Å². The SMILES string of the molecule is COc1ccc(OC)c(CN(C(=O)c2ccc(F)cc2Cl)C2CC2)c1. The average molecular weight is 364 g/mol. The average Bonchev–Trinajstić information content (AvgIpc) is 3.43. The molecular formula is C19H19ClFNO3. The molecule has 132 valence electrons. The van der Waals surface area contributed by atoms with Crippen molar-refractivity contribution in [3.63, 3.8) is 0 Å². The van der Waals surface area contributed by atoms with Crippen molar-refractivity contribution >= 4 is 17.5 Å². The molecule has 2 aromatic carbocycles. The molecular weight excluding hydrogens is 345 g/mol. The van der Waals surface area contributed by atoms with Gasteiger partial charge in [0.2, 0.25) is 0 Å².